The Morgan fingerprint density at radius 2 is 2.00 bits per heavy atom. The van der Waals surface area contributed by atoms with Crippen LogP contribution in [0.15, 0.2) is 30.9 Å². The number of pyridine rings is 2. The number of urea groups is 1. The smallest absolute Gasteiger partial charge is 0.475 e. The molecule has 36 heavy (non-hydrogen) atoms. The number of carboxylic acid groups (broad SMARTS) is 1. The molecular formula is C22H25F3N8O3. The summed E-state index contributed by atoms with van der Waals surface area (Å²) in [6.45, 7) is 7.65. The maximum absolute atomic E-state index is 13.0. The normalized spacial score (nSPS) is 17.4. The lowest BCUT2D eigenvalue weighted by molar-refractivity contribution is -0.192. The summed E-state index contributed by atoms with van der Waals surface area (Å²) < 4.78 is 33.4. The fraction of sp³-hybridized carbons (Fsp3) is 0.409. The van der Waals surface area contributed by atoms with Crippen LogP contribution in [0.25, 0.3) is 5.65 Å². The van der Waals surface area contributed by atoms with Gasteiger partial charge in [-0.1, -0.05) is 0 Å². The Labute approximate surface area is 203 Å². The molecule has 1 fully saturated rings. The van der Waals surface area contributed by atoms with Crippen LogP contribution in [0.3, 0.4) is 0 Å². The van der Waals surface area contributed by atoms with Gasteiger partial charge in [0, 0.05) is 49.7 Å². The van der Waals surface area contributed by atoms with Gasteiger partial charge in [-0.2, -0.15) is 18.3 Å². The van der Waals surface area contributed by atoms with Crippen molar-refractivity contribution in [3.8, 4) is 0 Å². The van der Waals surface area contributed by atoms with Crippen LogP contribution in [0.1, 0.15) is 18.1 Å². The number of aryl methyl sites for hydroxylation is 1. The molecule has 3 aromatic rings. The molecule has 3 aromatic heterocycles. The second-order valence-corrected chi connectivity index (χ2v) is 8.50. The van der Waals surface area contributed by atoms with Crippen LogP contribution in [0, 0.1) is 6.92 Å². The number of nitrogens with one attached hydrogen (secondary N) is 2. The van der Waals surface area contributed by atoms with Gasteiger partial charge in [0.1, 0.15) is 12.1 Å². The molecule has 14 heteroatoms. The molecule has 0 saturated carbocycles. The number of halogens is 3. The molecule has 3 N–H and O–H groups in total. The van der Waals surface area contributed by atoms with Crippen LogP contribution in [0.4, 0.5) is 35.2 Å². The minimum Gasteiger partial charge on any atom is -0.475 e. The highest BCUT2D eigenvalue weighted by molar-refractivity contribution is 6.03. The lowest BCUT2D eigenvalue weighted by Crippen LogP contribution is -2.49. The van der Waals surface area contributed by atoms with E-state index in [4.69, 9.17) is 9.90 Å². The third-order valence-electron chi connectivity index (χ3n) is 5.91. The highest BCUT2D eigenvalue weighted by Crippen LogP contribution is 2.34. The monoisotopic (exact) mass is 506 g/mol. The molecule has 0 unspecified atom stereocenters. The third kappa shape index (κ3) is 5.32. The van der Waals surface area contributed by atoms with E-state index in [0.29, 0.717) is 18.3 Å². The summed E-state index contributed by atoms with van der Waals surface area (Å²) in [6, 6.07) is 4.25. The molecule has 1 saturated heterocycles. The van der Waals surface area contributed by atoms with E-state index in [9.17, 15) is 18.0 Å². The van der Waals surface area contributed by atoms with Gasteiger partial charge in [-0.15, -0.1) is 0 Å². The summed E-state index contributed by atoms with van der Waals surface area (Å²) in [6.07, 6.45) is 0.822. The largest absolute Gasteiger partial charge is 0.490 e. The third-order valence-corrected chi connectivity index (χ3v) is 5.91. The number of carboxylic acids is 1. The first-order valence-corrected chi connectivity index (χ1v) is 11.2. The van der Waals surface area contributed by atoms with Crippen molar-refractivity contribution in [2.24, 2.45) is 0 Å². The minimum absolute atomic E-state index is 0.176. The van der Waals surface area contributed by atoms with E-state index in [0.717, 1.165) is 48.6 Å². The molecule has 0 radical (unpaired) electrons. The highest BCUT2D eigenvalue weighted by Gasteiger charge is 2.38. The number of alkyl halides is 3. The number of aromatic nitrogens is 4. The SMILES string of the molecule is Cc1cc2ncnn2cc1NC(=O)N1CCc2c(N3CCN[C@@H](C)C3)ccnc21.O=C(O)C(F)(F)F. The Bertz CT molecular complexity index is 1280. The zero-order valence-electron chi connectivity index (χ0n) is 19.6. The molecule has 5 rings (SSSR count). The van der Waals surface area contributed by atoms with Crippen LogP contribution < -0.4 is 20.4 Å². The Morgan fingerprint density at radius 1 is 1.25 bits per heavy atom. The number of rotatable bonds is 2. The second kappa shape index (κ2) is 9.97. The van der Waals surface area contributed by atoms with E-state index in [1.165, 1.54) is 12.0 Å². The highest BCUT2D eigenvalue weighted by atomic mass is 19.4. The number of hydrogen-bond acceptors (Lipinski definition) is 7. The number of amides is 2. The molecule has 11 nitrogen and oxygen atoms in total. The van der Waals surface area contributed by atoms with Crippen molar-refractivity contribution in [3.63, 3.8) is 0 Å². The predicted octanol–water partition coefficient (Wildman–Crippen LogP) is 2.46. The molecule has 2 amide bonds. The molecule has 1 atom stereocenters. The van der Waals surface area contributed by atoms with E-state index >= 15 is 0 Å². The first-order chi connectivity index (χ1) is 17.0. The molecule has 2 aliphatic rings. The quantitative estimate of drug-likeness (QED) is 0.484. The van der Waals surface area contributed by atoms with Crippen molar-refractivity contribution in [1.82, 2.24) is 24.9 Å². The van der Waals surface area contributed by atoms with E-state index in [1.54, 1.807) is 21.8 Å². The Kier molecular flexibility index (Phi) is 6.97. The van der Waals surface area contributed by atoms with Crippen molar-refractivity contribution in [2.45, 2.75) is 32.5 Å². The van der Waals surface area contributed by atoms with E-state index in [1.807, 2.05) is 13.0 Å². The van der Waals surface area contributed by atoms with Gasteiger partial charge in [0.25, 0.3) is 0 Å². The summed E-state index contributed by atoms with van der Waals surface area (Å²) in [5.41, 5.74) is 4.76. The van der Waals surface area contributed by atoms with Crippen LogP contribution >= 0.6 is 0 Å². The molecule has 0 bridgehead atoms. The number of fused-ring (bicyclic) bond motifs is 2. The van der Waals surface area contributed by atoms with Crippen molar-refractivity contribution >= 4 is 34.8 Å². The molecule has 0 spiro atoms. The van der Waals surface area contributed by atoms with Gasteiger partial charge in [-0.25, -0.2) is 24.1 Å². The van der Waals surface area contributed by atoms with Gasteiger partial charge in [0.15, 0.2) is 5.65 Å². The van der Waals surface area contributed by atoms with Gasteiger partial charge in [-0.3, -0.25) is 4.90 Å². The number of hydrogen-bond donors (Lipinski definition) is 3. The zero-order valence-corrected chi connectivity index (χ0v) is 19.6. The maximum Gasteiger partial charge on any atom is 0.490 e. The van der Waals surface area contributed by atoms with E-state index in [2.05, 4.69) is 43.6 Å². The number of anilines is 3. The minimum atomic E-state index is -5.08. The van der Waals surface area contributed by atoms with Gasteiger partial charge < -0.3 is 20.6 Å². The Hall–Kier alpha value is -3.94. The predicted molar refractivity (Wildman–Crippen MR) is 125 cm³/mol. The zero-order chi connectivity index (χ0) is 26.0. The first-order valence-electron chi connectivity index (χ1n) is 11.2. The average Bonchev–Trinajstić information content (AvgIpc) is 3.45. The lowest BCUT2D eigenvalue weighted by atomic mass is 10.1. The number of carbonyl (C=O) groups excluding carboxylic acids is 1. The molecule has 0 aliphatic carbocycles. The maximum atomic E-state index is 13.0. The summed E-state index contributed by atoms with van der Waals surface area (Å²) in [5, 5.41) is 17.8. The summed E-state index contributed by atoms with van der Waals surface area (Å²) >= 11 is 0. The van der Waals surface area contributed by atoms with Crippen LogP contribution in [0.2, 0.25) is 0 Å². The second-order valence-electron chi connectivity index (χ2n) is 8.50. The molecule has 5 heterocycles. The number of aliphatic carboxylic acids is 1. The molecular weight excluding hydrogens is 481 g/mol. The summed E-state index contributed by atoms with van der Waals surface area (Å²) in [4.78, 5) is 34.8. The number of piperazine rings is 1. The number of nitrogens with zero attached hydrogens (tertiary/aromatic N) is 6. The standard InChI is InChI=1S/C20H24N8O.C2HF3O2/c1-13-9-18-23-12-24-28(18)11-16(13)25-20(29)27-7-4-15-17(3-5-22-19(15)27)26-8-6-21-14(2)10-26;3-2(4,5)1(6)7/h3,5,9,11-12,14,21H,4,6-8,10H2,1-2H3,(H,25,29);(H,6,7)/t14-;/m0./s1. The van der Waals surface area contributed by atoms with Crippen molar-refractivity contribution in [2.75, 3.05) is 41.3 Å². The first kappa shape index (κ1) is 25.2. The van der Waals surface area contributed by atoms with Crippen molar-refractivity contribution in [3.05, 3.63) is 42.0 Å². The lowest BCUT2D eigenvalue weighted by Gasteiger charge is -2.34. The molecule has 2 aliphatic heterocycles. The molecule has 0 aromatic carbocycles. The topological polar surface area (TPSA) is 128 Å². The average molecular weight is 506 g/mol. The number of carbonyl (C=O) groups is 2. The summed E-state index contributed by atoms with van der Waals surface area (Å²) in [7, 11) is 0. The van der Waals surface area contributed by atoms with Crippen molar-refractivity contribution in [1.29, 1.82) is 0 Å². The van der Waals surface area contributed by atoms with Gasteiger partial charge in [0.2, 0.25) is 0 Å². The fourth-order valence-corrected chi connectivity index (χ4v) is 4.19. The fourth-order valence-electron chi connectivity index (χ4n) is 4.19. The Morgan fingerprint density at radius 3 is 2.69 bits per heavy atom. The van der Waals surface area contributed by atoms with Gasteiger partial charge in [0.05, 0.1) is 11.9 Å². The van der Waals surface area contributed by atoms with Crippen molar-refractivity contribution < 1.29 is 27.9 Å². The van der Waals surface area contributed by atoms with Crippen LogP contribution in [0.5, 0.6) is 0 Å². The van der Waals surface area contributed by atoms with Crippen LogP contribution in [-0.2, 0) is 11.2 Å². The molecule has 192 valence electrons. The summed E-state index contributed by atoms with van der Waals surface area (Å²) in [5.74, 6) is -2.00. The van der Waals surface area contributed by atoms with E-state index < -0.39 is 12.1 Å². The van der Waals surface area contributed by atoms with E-state index in [-0.39, 0.29) is 6.03 Å². The van der Waals surface area contributed by atoms with Crippen LogP contribution in [-0.4, -0.2) is 75.1 Å². The van der Waals surface area contributed by atoms with Gasteiger partial charge >= 0.3 is 18.2 Å². The van der Waals surface area contributed by atoms with Gasteiger partial charge in [-0.05, 0) is 38.0 Å². The Balaban J connectivity index is 0.000000384.